The molecule has 0 amide bonds. The Kier molecular flexibility index (Phi) is 4.59. The number of hydrogen-bond donors (Lipinski definition) is 1. The van der Waals surface area contributed by atoms with E-state index in [1.807, 2.05) is 22.9 Å². The monoisotopic (exact) mass is 400 g/mol. The van der Waals surface area contributed by atoms with E-state index in [1.165, 1.54) is 35.6 Å². The van der Waals surface area contributed by atoms with E-state index in [1.54, 1.807) is 18.3 Å². The first-order valence-electron chi connectivity index (χ1n) is 8.05. The number of halogens is 1. The molecule has 4 aromatic rings. The smallest absolute Gasteiger partial charge is 0.338 e. The van der Waals surface area contributed by atoms with Crippen LogP contribution in [0.1, 0.15) is 29.2 Å². The third-order valence-corrected chi connectivity index (χ3v) is 5.77. The summed E-state index contributed by atoms with van der Waals surface area (Å²) in [6, 6.07) is 8.94. The highest BCUT2D eigenvalue weighted by atomic mass is 32.1. The molecule has 0 aliphatic heterocycles. The standard InChI is InChI=1S/C19H13FN2O3S2/c1-10(25-19(24)11-4-6-12(20)7-5-11)16-21-17(23)15-13(9-27-18(15)22-16)14-3-2-8-26-14/h2-10H,1H3,(H,21,22,23)/t10-/m1/s1. The van der Waals surface area contributed by atoms with Crippen LogP contribution in [0.5, 0.6) is 0 Å². The summed E-state index contributed by atoms with van der Waals surface area (Å²) in [5.74, 6) is -0.784. The maximum atomic E-state index is 13.0. The molecule has 0 unspecified atom stereocenters. The number of rotatable bonds is 4. The van der Waals surface area contributed by atoms with Crippen LogP contribution in [0.3, 0.4) is 0 Å². The summed E-state index contributed by atoms with van der Waals surface area (Å²) >= 11 is 2.92. The average molecular weight is 400 g/mol. The van der Waals surface area contributed by atoms with Crippen molar-refractivity contribution in [2.24, 2.45) is 0 Å². The van der Waals surface area contributed by atoms with Gasteiger partial charge in [0.1, 0.15) is 10.6 Å². The molecule has 5 nitrogen and oxygen atoms in total. The van der Waals surface area contributed by atoms with Crippen molar-refractivity contribution in [3.8, 4) is 10.4 Å². The Bertz CT molecular complexity index is 1160. The van der Waals surface area contributed by atoms with Crippen molar-refractivity contribution in [3.63, 3.8) is 0 Å². The number of nitrogens with zero attached hydrogens (tertiary/aromatic N) is 1. The number of hydrogen-bond acceptors (Lipinski definition) is 6. The second-order valence-electron chi connectivity index (χ2n) is 5.81. The molecular formula is C19H13FN2O3S2. The third kappa shape index (κ3) is 3.41. The van der Waals surface area contributed by atoms with Crippen LogP contribution >= 0.6 is 22.7 Å². The predicted molar refractivity (Wildman–Crippen MR) is 104 cm³/mol. The highest BCUT2D eigenvalue weighted by molar-refractivity contribution is 7.18. The molecule has 0 radical (unpaired) electrons. The minimum absolute atomic E-state index is 0.225. The second kappa shape index (κ2) is 7.05. The molecule has 3 aromatic heterocycles. The van der Waals surface area contributed by atoms with Gasteiger partial charge in [0.05, 0.1) is 10.9 Å². The number of aromatic nitrogens is 2. The van der Waals surface area contributed by atoms with Gasteiger partial charge in [-0.1, -0.05) is 6.07 Å². The zero-order valence-corrected chi connectivity index (χ0v) is 15.7. The van der Waals surface area contributed by atoms with Crippen molar-refractivity contribution in [1.82, 2.24) is 9.97 Å². The van der Waals surface area contributed by atoms with E-state index in [0.717, 1.165) is 10.4 Å². The van der Waals surface area contributed by atoms with Crippen LogP contribution in [0.25, 0.3) is 20.7 Å². The lowest BCUT2D eigenvalue weighted by Crippen LogP contribution is -2.17. The molecule has 8 heteroatoms. The number of esters is 1. The fourth-order valence-corrected chi connectivity index (χ4v) is 4.41. The van der Waals surface area contributed by atoms with Crippen LogP contribution in [-0.4, -0.2) is 15.9 Å². The number of benzene rings is 1. The van der Waals surface area contributed by atoms with E-state index in [-0.39, 0.29) is 16.9 Å². The summed E-state index contributed by atoms with van der Waals surface area (Å²) in [7, 11) is 0. The molecule has 0 aliphatic rings. The van der Waals surface area contributed by atoms with Crippen LogP contribution in [0.4, 0.5) is 4.39 Å². The predicted octanol–water partition coefficient (Wildman–Crippen LogP) is 4.77. The van der Waals surface area contributed by atoms with Crippen LogP contribution in [-0.2, 0) is 4.74 Å². The van der Waals surface area contributed by atoms with Crippen LogP contribution in [0.15, 0.2) is 52.0 Å². The Morgan fingerprint density at radius 3 is 2.70 bits per heavy atom. The van der Waals surface area contributed by atoms with Crippen molar-refractivity contribution in [3.05, 3.63) is 74.7 Å². The number of carbonyl (C=O) groups is 1. The van der Waals surface area contributed by atoms with Gasteiger partial charge in [0.15, 0.2) is 11.9 Å². The Morgan fingerprint density at radius 2 is 2.00 bits per heavy atom. The lowest BCUT2D eigenvalue weighted by molar-refractivity contribution is 0.0320. The summed E-state index contributed by atoms with van der Waals surface area (Å²) < 4.78 is 18.3. The molecule has 0 saturated heterocycles. The van der Waals surface area contributed by atoms with Gasteiger partial charge in [0.25, 0.3) is 5.56 Å². The van der Waals surface area contributed by atoms with Crippen molar-refractivity contribution in [1.29, 1.82) is 0 Å². The van der Waals surface area contributed by atoms with Gasteiger partial charge in [-0.25, -0.2) is 14.2 Å². The van der Waals surface area contributed by atoms with E-state index < -0.39 is 17.9 Å². The minimum atomic E-state index is -0.757. The molecule has 1 N–H and O–H groups in total. The topological polar surface area (TPSA) is 72.0 Å². The maximum absolute atomic E-state index is 13.0. The van der Waals surface area contributed by atoms with E-state index in [2.05, 4.69) is 9.97 Å². The van der Waals surface area contributed by atoms with Gasteiger partial charge in [0.2, 0.25) is 0 Å². The Morgan fingerprint density at radius 1 is 1.22 bits per heavy atom. The number of nitrogens with one attached hydrogen (secondary N) is 1. The molecule has 27 heavy (non-hydrogen) atoms. The zero-order chi connectivity index (χ0) is 19.0. The number of carbonyl (C=O) groups excluding carboxylic acids is 1. The molecule has 1 aromatic carbocycles. The van der Waals surface area contributed by atoms with Gasteiger partial charge in [-0.3, -0.25) is 4.79 Å². The van der Waals surface area contributed by atoms with Crippen LogP contribution in [0.2, 0.25) is 0 Å². The zero-order valence-electron chi connectivity index (χ0n) is 14.1. The Labute approximate surface area is 161 Å². The molecule has 4 rings (SSSR count). The van der Waals surface area contributed by atoms with Crippen molar-refractivity contribution in [2.75, 3.05) is 0 Å². The van der Waals surface area contributed by atoms with E-state index in [0.29, 0.717) is 10.2 Å². The number of ether oxygens (including phenoxy) is 1. The van der Waals surface area contributed by atoms with Gasteiger partial charge in [-0.05, 0) is 42.6 Å². The van der Waals surface area contributed by atoms with Gasteiger partial charge in [0, 0.05) is 15.8 Å². The largest absolute Gasteiger partial charge is 0.451 e. The van der Waals surface area contributed by atoms with Crippen molar-refractivity contribution < 1.29 is 13.9 Å². The van der Waals surface area contributed by atoms with E-state index >= 15 is 0 Å². The quantitative estimate of drug-likeness (QED) is 0.501. The molecule has 3 heterocycles. The molecule has 0 saturated carbocycles. The van der Waals surface area contributed by atoms with Crippen LogP contribution in [0, 0.1) is 5.82 Å². The molecule has 0 fully saturated rings. The van der Waals surface area contributed by atoms with Crippen LogP contribution < -0.4 is 5.56 Å². The lowest BCUT2D eigenvalue weighted by Gasteiger charge is -2.12. The number of aromatic amines is 1. The summed E-state index contributed by atoms with van der Waals surface area (Å²) in [6.45, 7) is 1.62. The SMILES string of the molecule is C[C@@H](OC(=O)c1ccc(F)cc1)c1nc2scc(-c3cccs3)c2c(=O)[nH]1. The molecule has 0 bridgehead atoms. The first-order chi connectivity index (χ1) is 13.0. The minimum Gasteiger partial charge on any atom is -0.451 e. The van der Waals surface area contributed by atoms with Gasteiger partial charge >= 0.3 is 5.97 Å². The van der Waals surface area contributed by atoms with Crippen molar-refractivity contribution in [2.45, 2.75) is 13.0 Å². The maximum Gasteiger partial charge on any atom is 0.338 e. The second-order valence-corrected chi connectivity index (χ2v) is 7.62. The highest BCUT2D eigenvalue weighted by Gasteiger charge is 2.19. The lowest BCUT2D eigenvalue weighted by atomic mass is 10.2. The average Bonchev–Trinajstić information content (AvgIpc) is 3.31. The van der Waals surface area contributed by atoms with Gasteiger partial charge in [-0.15, -0.1) is 22.7 Å². The number of H-pyrrole nitrogens is 1. The Hall–Kier alpha value is -2.84. The van der Waals surface area contributed by atoms with E-state index in [9.17, 15) is 14.0 Å². The normalized spacial score (nSPS) is 12.2. The molecular weight excluding hydrogens is 387 g/mol. The molecule has 1 atom stereocenters. The number of fused-ring (bicyclic) bond motifs is 1. The summed E-state index contributed by atoms with van der Waals surface area (Å²) in [4.78, 5) is 33.5. The third-order valence-electron chi connectivity index (χ3n) is 4.00. The summed E-state index contributed by atoms with van der Waals surface area (Å²) in [5, 5.41) is 4.38. The summed E-state index contributed by atoms with van der Waals surface area (Å²) in [5.41, 5.74) is 0.799. The first kappa shape index (κ1) is 17.6. The van der Waals surface area contributed by atoms with Gasteiger partial charge < -0.3 is 9.72 Å². The number of thiophene rings is 2. The fourth-order valence-electron chi connectivity index (χ4n) is 2.64. The van der Waals surface area contributed by atoms with Gasteiger partial charge in [-0.2, -0.15) is 0 Å². The Balaban J connectivity index is 1.63. The molecule has 0 spiro atoms. The van der Waals surface area contributed by atoms with Crippen molar-refractivity contribution >= 4 is 38.9 Å². The fraction of sp³-hybridized carbons (Fsp3) is 0.105. The first-order valence-corrected chi connectivity index (χ1v) is 9.80. The molecule has 136 valence electrons. The highest BCUT2D eigenvalue weighted by Crippen LogP contribution is 2.33. The molecule has 0 aliphatic carbocycles. The summed E-state index contributed by atoms with van der Waals surface area (Å²) in [6.07, 6.45) is -0.757. The van der Waals surface area contributed by atoms with E-state index in [4.69, 9.17) is 4.74 Å².